The molecule has 2 bridgehead atoms. The highest BCUT2D eigenvalue weighted by atomic mass is 16.5. The number of hydrogen-bond acceptors (Lipinski definition) is 5. The molecule has 0 N–H and O–H groups in total. The van der Waals surface area contributed by atoms with Crippen LogP contribution in [0, 0.1) is 23.7 Å². The van der Waals surface area contributed by atoms with Gasteiger partial charge in [0.05, 0.1) is 23.1 Å². The summed E-state index contributed by atoms with van der Waals surface area (Å²) in [5.41, 5.74) is 1.05. The lowest BCUT2D eigenvalue weighted by Crippen LogP contribution is -2.33. The van der Waals surface area contributed by atoms with E-state index in [2.05, 4.69) is 0 Å². The molecule has 1 saturated heterocycles. The van der Waals surface area contributed by atoms with Gasteiger partial charge < -0.3 is 4.74 Å². The van der Waals surface area contributed by atoms with Crippen LogP contribution in [-0.2, 0) is 14.3 Å². The number of Topliss-reactive ketones (excluding diaryl/α,β-unsaturated/α-hetero) is 1. The molecular formula is C25H23NO5. The zero-order chi connectivity index (χ0) is 21.7. The molecule has 0 unspecified atom stereocenters. The Labute approximate surface area is 180 Å². The van der Waals surface area contributed by atoms with Gasteiger partial charge in [-0.2, -0.15) is 0 Å². The number of ketones is 1. The molecule has 2 aliphatic carbocycles. The number of benzene rings is 2. The molecule has 1 aliphatic heterocycles. The van der Waals surface area contributed by atoms with Crippen molar-refractivity contribution in [1.82, 2.24) is 0 Å². The minimum absolute atomic E-state index is 0.152. The minimum atomic E-state index is -0.955. The van der Waals surface area contributed by atoms with Crippen molar-refractivity contribution in [3.05, 3.63) is 65.7 Å². The van der Waals surface area contributed by atoms with Crippen LogP contribution >= 0.6 is 0 Å². The van der Waals surface area contributed by atoms with E-state index >= 15 is 0 Å². The van der Waals surface area contributed by atoms with Crippen LogP contribution in [0.3, 0.4) is 0 Å². The molecular weight excluding hydrogens is 394 g/mol. The number of hydrogen-bond donors (Lipinski definition) is 0. The summed E-state index contributed by atoms with van der Waals surface area (Å²) in [7, 11) is 0. The molecule has 3 fully saturated rings. The van der Waals surface area contributed by atoms with E-state index in [4.69, 9.17) is 4.74 Å². The molecule has 2 aromatic carbocycles. The van der Waals surface area contributed by atoms with Gasteiger partial charge in [0.1, 0.15) is 0 Å². The summed E-state index contributed by atoms with van der Waals surface area (Å²) in [4.78, 5) is 52.5. The van der Waals surface area contributed by atoms with E-state index in [1.54, 1.807) is 48.5 Å². The van der Waals surface area contributed by atoms with Crippen molar-refractivity contribution in [1.29, 1.82) is 0 Å². The molecule has 2 saturated carbocycles. The van der Waals surface area contributed by atoms with Crippen molar-refractivity contribution in [2.75, 3.05) is 4.90 Å². The van der Waals surface area contributed by atoms with Gasteiger partial charge in [-0.3, -0.25) is 19.3 Å². The average molecular weight is 417 g/mol. The number of fused-ring (bicyclic) bond motifs is 5. The molecule has 0 spiro atoms. The van der Waals surface area contributed by atoms with E-state index < -0.39 is 12.1 Å². The molecule has 6 heteroatoms. The quantitative estimate of drug-likeness (QED) is 0.421. The van der Waals surface area contributed by atoms with E-state index in [1.165, 1.54) is 17.9 Å². The first-order valence-corrected chi connectivity index (χ1v) is 10.7. The molecule has 31 heavy (non-hydrogen) atoms. The Morgan fingerprint density at radius 3 is 2.16 bits per heavy atom. The number of imide groups is 1. The van der Waals surface area contributed by atoms with E-state index in [-0.39, 0.29) is 35.0 Å². The van der Waals surface area contributed by atoms with Crippen molar-refractivity contribution in [2.24, 2.45) is 23.7 Å². The fraction of sp³-hybridized carbons (Fsp3) is 0.360. The number of anilines is 1. The summed E-state index contributed by atoms with van der Waals surface area (Å²) in [5.74, 6) is -1.10. The Morgan fingerprint density at radius 1 is 0.903 bits per heavy atom. The second-order valence-corrected chi connectivity index (χ2v) is 8.72. The molecule has 2 aromatic rings. The first kappa shape index (κ1) is 19.7. The van der Waals surface area contributed by atoms with Gasteiger partial charge in [-0.25, -0.2) is 4.79 Å². The Balaban J connectivity index is 1.34. The number of carbonyl (C=O) groups is 4. The molecule has 5 rings (SSSR count). The zero-order valence-electron chi connectivity index (χ0n) is 17.2. The summed E-state index contributed by atoms with van der Waals surface area (Å²) in [6.45, 7) is 1.53. The molecule has 1 heterocycles. The number of ether oxygens (including phenoxy) is 1. The van der Waals surface area contributed by atoms with E-state index in [0.29, 0.717) is 23.1 Å². The third-order valence-corrected chi connectivity index (χ3v) is 6.98. The normalized spacial score (nSPS) is 27.3. The van der Waals surface area contributed by atoms with Gasteiger partial charge >= 0.3 is 5.97 Å². The van der Waals surface area contributed by atoms with Crippen LogP contribution in [0.1, 0.15) is 46.9 Å². The molecule has 3 aliphatic rings. The Morgan fingerprint density at radius 2 is 1.52 bits per heavy atom. The second kappa shape index (κ2) is 7.45. The lowest BCUT2D eigenvalue weighted by molar-refractivity contribution is -0.123. The molecule has 158 valence electrons. The van der Waals surface area contributed by atoms with E-state index in [1.807, 2.05) is 0 Å². The molecule has 6 nitrogen and oxygen atoms in total. The van der Waals surface area contributed by atoms with Crippen LogP contribution < -0.4 is 4.90 Å². The zero-order valence-corrected chi connectivity index (χ0v) is 17.2. The number of amides is 2. The highest BCUT2D eigenvalue weighted by Gasteiger charge is 2.61. The van der Waals surface area contributed by atoms with Gasteiger partial charge in [0.2, 0.25) is 17.6 Å². The fourth-order valence-electron chi connectivity index (χ4n) is 5.55. The van der Waals surface area contributed by atoms with Crippen molar-refractivity contribution >= 4 is 29.3 Å². The number of nitrogens with zero attached hydrogens (tertiary/aromatic N) is 1. The van der Waals surface area contributed by atoms with Crippen LogP contribution in [0.4, 0.5) is 5.69 Å². The van der Waals surface area contributed by atoms with Gasteiger partial charge in [-0.15, -0.1) is 0 Å². The van der Waals surface area contributed by atoms with Crippen molar-refractivity contribution < 1.29 is 23.9 Å². The third kappa shape index (κ3) is 3.17. The van der Waals surface area contributed by atoms with Gasteiger partial charge in [0.15, 0.2) is 6.10 Å². The van der Waals surface area contributed by atoms with Crippen molar-refractivity contribution in [2.45, 2.75) is 32.3 Å². The summed E-state index contributed by atoms with van der Waals surface area (Å²) in [6.07, 6.45) is 2.04. The maximum absolute atomic E-state index is 13.0. The SMILES string of the molecule is C[C@H](OC(=O)c1cccc(N2C(=O)[C@@H]3[C@@H]4CC[C@@H](C4)[C@@H]3C2=O)c1)C(=O)c1ccccc1. The monoisotopic (exact) mass is 417 g/mol. The highest BCUT2D eigenvalue weighted by molar-refractivity contribution is 6.22. The number of rotatable bonds is 5. The standard InChI is InChI=1S/C25H23NO5/c1-14(22(27)15-6-3-2-4-7-15)31-25(30)18-8-5-9-19(13-18)26-23(28)20-16-10-11-17(12-16)21(20)24(26)29/h2-9,13-14,16-17,20-21H,10-12H2,1H3/t14-,16-,17+,20-,21+/m0/s1. The lowest BCUT2D eigenvalue weighted by atomic mass is 9.81. The van der Waals surface area contributed by atoms with Gasteiger partial charge in [-0.1, -0.05) is 36.4 Å². The summed E-state index contributed by atoms with van der Waals surface area (Å²) in [6, 6.07) is 15.0. The Hall–Kier alpha value is -3.28. The highest BCUT2D eigenvalue weighted by Crippen LogP contribution is 2.56. The number of carbonyl (C=O) groups excluding carboxylic acids is 4. The second-order valence-electron chi connectivity index (χ2n) is 8.72. The molecule has 0 aromatic heterocycles. The largest absolute Gasteiger partial charge is 0.451 e. The van der Waals surface area contributed by atoms with Crippen LogP contribution in [0.2, 0.25) is 0 Å². The summed E-state index contributed by atoms with van der Waals surface area (Å²) >= 11 is 0. The Kier molecular flexibility index (Phi) is 4.73. The van der Waals surface area contributed by atoms with Crippen LogP contribution in [0.15, 0.2) is 54.6 Å². The summed E-state index contributed by atoms with van der Waals surface area (Å²) in [5, 5.41) is 0. The van der Waals surface area contributed by atoms with Crippen LogP contribution in [0.5, 0.6) is 0 Å². The molecule has 2 amide bonds. The number of esters is 1. The van der Waals surface area contributed by atoms with Crippen LogP contribution in [-0.4, -0.2) is 29.7 Å². The van der Waals surface area contributed by atoms with Crippen LogP contribution in [0.25, 0.3) is 0 Å². The fourth-order valence-corrected chi connectivity index (χ4v) is 5.55. The maximum Gasteiger partial charge on any atom is 0.338 e. The molecule has 0 radical (unpaired) electrons. The van der Waals surface area contributed by atoms with Gasteiger partial charge in [-0.05, 0) is 56.2 Å². The van der Waals surface area contributed by atoms with Crippen molar-refractivity contribution in [3.63, 3.8) is 0 Å². The molecule has 5 atom stereocenters. The lowest BCUT2D eigenvalue weighted by Gasteiger charge is -2.19. The third-order valence-electron chi connectivity index (χ3n) is 6.98. The maximum atomic E-state index is 13.0. The minimum Gasteiger partial charge on any atom is -0.451 e. The van der Waals surface area contributed by atoms with Crippen molar-refractivity contribution in [3.8, 4) is 0 Å². The van der Waals surface area contributed by atoms with Gasteiger partial charge in [0, 0.05) is 5.56 Å². The van der Waals surface area contributed by atoms with E-state index in [0.717, 1.165) is 19.3 Å². The first-order chi connectivity index (χ1) is 15.0. The first-order valence-electron chi connectivity index (χ1n) is 10.7. The van der Waals surface area contributed by atoms with E-state index in [9.17, 15) is 19.2 Å². The Bertz CT molecular complexity index is 1050. The smallest absolute Gasteiger partial charge is 0.338 e. The topological polar surface area (TPSA) is 80.8 Å². The predicted molar refractivity (Wildman–Crippen MR) is 112 cm³/mol. The predicted octanol–water partition coefficient (Wildman–Crippen LogP) is 3.65. The van der Waals surface area contributed by atoms with Gasteiger partial charge in [0.25, 0.3) is 0 Å². The average Bonchev–Trinajstić information content (AvgIpc) is 3.47. The summed E-state index contributed by atoms with van der Waals surface area (Å²) < 4.78 is 5.37.